The van der Waals surface area contributed by atoms with E-state index in [1.54, 1.807) is 31.0 Å². The van der Waals surface area contributed by atoms with E-state index in [-0.39, 0.29) is 63.2 Å². The smallest absolute Gasteiger partial charge is 0.418 e. The Kier molecular flexibility index (Phi) is 17.1. The summed E-state index contributed by atoms with van der Waals surface area (Å²) in [5, 5.41) is 46.8. The number of nitro benzene ring substituents is 1. The molecule has 1 unspecified atom stereocenters. The van der Waals surface area contributed by atoms with Crippen molar-refractivity contribution in [2.45, 2.75) is 77.9 Å². The number of halogens is 3. The number of amides is 4. The standard InChI is InChI=1S/C48H51F3N14O10/c1-6-7-8-9-10-11-15-39(66)43(67)58-56-30-16-19-35(34(23-30)48(49,50)51)55-46(71)54-29-17-20-38-36(24-29)57-60-63(38)47(72)62(5)37-21-18-32(65(73)74)25-33(37)45(70)75-40-26(2)59-64(42(40)53)41(52)27(3)61(4)31-14-12-13-28(22-31)44(68)69/h12-14,16-25,27,52,56H,6-11,15,53H2,1-5H3,(H,58,67)(H,68,69)(H2,54,55,71). The van der Waals surface area contributed by atoms with Crippen LogP contribution in [0.5, 0.6) is 5.75 Å². The Bertz CT molecular complexity index is 3210. The Balaban J connectivity index is 1.13. The van der Waals surface area contributed by atoms with Crippen LogP contribution in [0.1, 0.15) is 90.8 Å². The number of rotatable bonds is 20. The quantitative estimate of drug-likeness (QED) is 0.00720. The van der Waals surface area contributed by atoms with Crippen molar-refractivity contribution in [2.75, 3.05) is 45.7 Å². The highest BCUT2D eigenvalue weighted by Gasteiger charge is 2.35. The number of likely N-dealkylation sites (N-methyl/N-ethyl adjacent to an activating group) is 1. The predicted molar refractivity (Wildman–Crippen MR) is 269 cm³/mol. The van der Waals surface area contributed by atoms with Crippen molar-refractivity contribution in [3.8, 4) is 5.75 Å². The number of hydrogen-bond donors (Lipinski definition) is 7. The number of carbonyl (C=O) groups is 6. The number of carboxylic acid groups (broad SMARTS) is 1. The number of carbonyl (C=O) groups excluding carboxylic acids is 5. The number of urea groups is 1. The van der Waals surface area contributed by atoms with E-state index < -0.39 is 75.3 Å². The molecule has 0 aliphatic rings. The van der Waals surface area contributed by atoms with Crippen LogP contribution in [0.2, 0.25) is 0 Å². The number of aryl methyl sites for hydroxylation is 1. The van der Waals surface area contributed by atoms with E-state index in [1.807, 2.05) is 0 Å². The topological polar surface area (TPSA) is 328 Å². The van der Waals surface area contributed by atoms with Gasteiger partial charge in [-0.15, -0.1) is 5.10 Å². The number of carboxylic acids is 1. The summed E-state index contributed by atoms with van der Waals surface area (Å²) in [6.45, 7) is 5.13. The Hall–Kier alpha value is -9.43. The molecule has 0 fully saturated rings. The molecule has 0 spiro atoms. The van der Waals surface area contributed by atoms with Gasteiger partial charge in [0.1, 0.15) is 17.0 Å². The number of fused-ring (bicyclic) bond motifs is 1. The second kappa shape index (κ2) is 23.4. The number of non-ortho nitro benzene ring substituents is 1. The number of anilines is 6. The maximum Gasteiger partial charge on any atom is 0.418 e. The fourth-order valence-corrected chi connectivity index (χ4v) is 7.54. The summed E-state index contributed by atoms with van der Waals surface area (Å²) in [6, 6.07) is 12.8. The number of ketones is 1. The molecule has 0 saturated heterocycles. The number of Topliss-reactive ketones (excluding diaryl/α,β-unsaturated/α-hetero) is 1. The molecule has 0 aliphatic heterocycles. The number of nitrogens with zero attached hydrogens (tertiary/aromatic N) is 8. The van der Waals surface area contributed by atoms with Gasteiger partial charge in [0.2, 0.25) is 5.78 Å². The number of nitrogens with two attached hydrogens (primary N) is 1. The maximum absolute atomic E-state index is 14.2. The number of ether oxygens (including phenoxy) is 1. The molecule has 1 atom stereocenters. The molecule has 6 rings (SSSR count). The van der Waals surface area contributed by atoms with Crippen LogP contribution in [0.15, 0.2) is 78.9 Å². The first-order valence-corrected chi connectivity index (χ1v) is 23.0. The van der Waals surface area contributed by atoms with Crippen LogP contribution in [0.4, 0.5) is 62.7 Å². The zero-order chi connectivity index (χ0) is 54.9. The molecule has 4 amide bonds. The average Bonchev–Trinajstić information content (AvgIpc) is 3.93. The zero-order valence-electron chi connectivity index (χ0n) is 40.9. The van der Waals surface area contributed by atoms with Crippen LogP contribution in [-0.2, 0) is 15.8 Å². The third kappa shape index (κ3) is 13.0. The summed E-state index contributed by atoms with van der Waals surface area (Å²) in [5.74, 6) is -4.92. The lowest BCUT2D eigenvalue weighted by atomic mass is 10.1. The fourth-order valence-electron chi connectivity index (χ4n) is 7.54. The van der Waals surface area contributed by atoms with Gasteiger partial charge in [0.15, 0.2) is 11.6 Å². The molecule has 0 radical (unpaired) electrons. The number of nitro groups is 1. The van der Waals surface area contributed by atoms with Gasteiger partial charge in [0.05, 0.1) is 50.2 Å². The molecular formula is C48H51F3N14O10. The highest BCUT2D eigenvalue weighted by atomic mass is 19.4. The zero-order valence-corrected chi connectivity index (χ0v) is 40.9. The van der Waals surface area contributed by atoms with Gasteiger partial charge in [-0.3, -0.25) is 40.9 Å². The molecule has 4 aromatic carbocycles. The van der Waals surface area contributed by atoms with Crippen molar-refractivity contribution in [3.63, 3.8) is 0 Å². The molecule has 2 heterocycles. The van der Waals surface area contributed by atoms with Gasteiger partial charge in [-0.2, -0.15) is 27.6 Å². The summed E-state index contributed by atoms with van der Waals surface area (Å²) < 4.78 is 50.0. The van der Waals surface area contributed by atoms with Crippen LogP contribution < -0.4 is 41.8 Å². The Labute approximate surface area is 424 Å². The predicted octanol–water partition coefficient (Wildman–Crippen LogP) is 8.22. The highest BCUT2D eigenvalue weighted by Crippen LogP contribution is 2.37. The number of hydrogen-bond acceptors (Lipinski definition) is 16. The lowest BCUT2D eigenvalue weighted by Crippen LogP contribution is -2.40. The van der Waals surface area contributed by atoms with Crippen LogP contribution in [0.25, 0.3) is 11.0 Å². The minimum atomic E-state index is -4.98. The van der Waals surface area contributed by atoms with Crippen molar-refractivity contribution in [1.29, 1.82) is 5.41 Å². The van der Waals surface area contributed by atoms with Gasteiger partial charge in [-0.1, -0.05) is 50.3 Å². The lowest BCUT2D eigenvalue weighted by Gasteiger charge is -2.27. The summed E-state index contributed by atoms with van der Waals surface area (Å²) in [5.41, 5.74) is 7.95. The third-order valence-corrected chi connectivity index (χ3v) is 11.8. The van der Waals surface area contributed by atoms with Crippen molar-refractivity contribution < 1.29 is 56.7 Å². The molecule has 8 N–H and O–H groups in total. The summed E-state index contributed by atoms with van der Waals surface area (Å²) in [4.78, 5) is 90.6. The summed E-state index contributed by atoms with van der Waals surface area (Å²) >= 11 is 0. The van der Waals surface area contributed by atoms with Crippen LogP contribution in [-0.4, -0.2) is 96.5 Å². The normalized spacial score (nSPS) is 11.6. The van der Waals surface area contributed by atoms with Crippen LogP contribution in [0.3, 0.4) is 0 Å². The number of aromatic nitrogens is 5. The van der Waals surface area contributed by atoms with E-state index in [2.05, 4.69) is 43.8 Å². The third-order valence-electron chi connectivity index (χ3n) is 11.8. The number of esters is 1. The number of benzene rings is 4. The minimum absolute atomic E-state index is 0.00784. The van der Waals surface area contributed by atoms with Crippen molar-refractivity contribution in [3.05, 3.63) is 111 Å². The molecule has 75 heavy (non-hydrogen) atoms. The molecule has 0 saturated carbocycles. The van der Waals surface area contributed by atoms with Gasteiger partial charge in [-0.25, -0.2) is 19.2 Å². The Morgan fingerprint density at radius 1 is 0.920 bits per heavy atom. The number of nitrogens with one attached hydrogen (secondary N) is 5. The molecule has 394 valence electrons. The molecule has 0 bridgehead atoms. The largest absolute Gasteiger partial charge is 0.478 e. The Morgan fingerprint density at radius 2 is 1.63 bits per heavy atom. The second-order valence-corrected chi connectivity index (χ2v) is 17.0. The highest BCUT2D eigenvalue weighted by molar-refractivity contribution is 6.36. The monoisotopic (exact) mass is 1040 g/mol. The van der Waals surface area contributed by atoms with E-state index in [9.17, 15) is 57.2 Å². The van der Waals surface area contributed by atoms with Gasteiger partial charge in [-0.05, 0) is 80.9 Å². The van der Waals surface area contributed by atoms with Gasteiger partial charge >= 0.3 is 36.1 Å². The summed E-state index contributed by atoms with van der Waals surface area (Å²) in [7, 11) is 2.84. The SMILES string of the molecule is CCCCCCCCC(=O)C(=O)NNc1ccc(NC(=O)Nc2ccc3c(c2)nnn3C(=O)N(C)c2ccc([N+](=O)[O-])cc2C(=O)Oc2c(C)nn(C(=N)C(C)N(C)c3cccc(C(=O)O)c3)c2N)c(C(F)(F)F)c1. The summed E-state index contributed by atoms with van der Waals surface area (Å²) in [6.07, 6.45) is 0.327. The van der Waals surface area contributed by atoms with E-state index in [0.717, 1.165) is 76.7 Å². The number of alkyl halides is 3. The molecule has 27 heteroatoms. The van der Waals surface area contributed by atoms with E-state index in [0.29, 0.717) is 18.2 Å². The van der Waals surface area contributed by atoms with Crippen molar-refractivity contribution >= 4 is 92.5 Å². The minimum Gasteiger partial charge on any atom is -0.478 e. The second-order valence-electron chi connectivity index (χ2n) is 17.0. The van der Waals surface area contributed by atoms with Crippen molar-refractivity contribution in [1.82, 2.24) is 30.2 Å². The molecule has 6 aromatic rings. The van der Waals surface area contributed by atoms with E-state index in [1.165, 1.54) is 44.3 Å². The van der Waals surface area contributed by atoms with Crippen LogP contribution in [0, 0.1) is 22.4 Å². The van der Waals surface area contributed by atoms with Crippen LogP contribution >= 0.6 is 0 Å². The molecule has 0 aliphatic carbocycles. The molecule has 24 nitrogen and oxygen atoms in total. The van der Waals surface area contributed by atoms with Gasteiger partial charge in [0, 0.05) is 44.0 Å². The number of hydrazine groups is 1. The van der Waals surface area contributed by atoms with Gasteiger partial charge in [0.25, 0.3) is 5.69 Å². The first kappa shape index (κ1) is 54.9. The van der Waals surface area contributed by atoms with E-state index in [4.69, 9.17) is 15.9 Å². The number of nitrogen functional groups attached to an aromatic ring is 1. The number of unbranched alkanes of at least 4 members (excludes halogenated alkanes) is 5. The first-order valence-electron chi connectivity index (χ1n) is 23.0. The average molecular weight is 1040 g/mol. The van der Waals surface area contributed by atoms with E-state index >= 15 is 0 Å². The fraction of sp³-hybridized carbons (Fsp3) is 0.292. The lowest BCUT2D eigenvalue weighted by molar-refractivity contribution is -0.384. The molecular weight excluding hydrogens is 990 g/mol. The van der Waals surface area contributed by atoms with Gasteiger partial charge < -0.3 is 31.1 Å². The Morgan fingerprint density at radius 3 is 2.32 bits per heavy atom. The maximum atomic E-state index is 14.2. The number of aromatic carboxylic acids is 1. The van der Waals surface area contributed by atoms with Crippen molar-refractivity contribution in [2.24, 2.45) is 0 Å². The first-order chi connectivity index (χ1) is 35.5. The molecule has 2 aromatic heterocycles.